The molecule has 3 nitrogen and oxygen atoms in total. The van der Waals surface area contributed by atoms with E-state index in [0.29, 0.717) is 5.92 Å². The molecule has 1 aromatic carbocycles. The zero-order valence-electron chi connectivity index (χ0n) is 9.67. The molecule has 1 fully saturated rings. The minimum Gasteiger partial charge on any atom is -0.299 e. The zero-order valence-corrected chi connectivity index (χ0v) is 9.67. The van der Waals surface area contributed by atoms with Gasteiger partial charge in [-0.2, -0.15) is 4.91 Å². The number of rotatable bonds is 3. The normalized spacial score (nSPS) is 26.6. The van der Waals surface area contributed by atoms with Crippen LogP contribution >= 0.6 is 0 Å². The number of nitroso groups, excluding NO2 is 1. The Morgan fingerprint density at radius 2 is 2.12 bits per heavy atom. The molecule has 0 amide bonds. The molecule has 3 heteroatoms. The van der Waals surface area contributed by atoms with Crippen molar-refractivity contribution >= 4 is 0 Å². The van der Waals surface area contributed by atoms with Crippen LogP contribution in [0.1, 0.15) is 18.9 Å². The average Bonchev–Trinajstić information content (AvgIpc) is 2.31. The zero-order chi connectivity index (χ0) is 11.4. The molecule has 0 radical (unpaired) electrons. The molecule has 0 bridgehead atoms. The van der Waals surface area contributed by atoms with Crippen molar-refractivity contribution in [1.82, 2.24) is 4.90 Å². The van der Waals surface area contributed by atoms with Gasteiger partial charge < -0.3 is 0 Å². The van der Waals surface area contributed by atoms with Crippen LogP contribution in [0.15, 0.2) is 35.5 Å². The lowest BCUT2D eigenvalue weighted by molar-refractivity contribution is 0.158. The molecule has 0 aliphatic carbocycles. The minimum absolute atomic E-state index is 0.0204. The summed E-state index contributed by atoms with van der Waals surface area (Å²) in [6.07, 6.45) is 0.900. The van der Waals surface area contributed by atoms with Crippen molar-refractivity contribution in [3.8, 4) is 0 Å². The summed E-state index contributed by atoms with van der Waals surface area (Å²) in [5.41, 5.74) is 1.34. The van der Waals surface area contributed by atoms with E-state index in [-0.39, 0.29) is 6.04 Å². The highest BCUT2D eigenvalue weighted by Crippen LogP contribution is 2.20. The van der Waals surface area contributed by atoms with Crippen molar-refractivity contribution in [1.29, 1.82) is 0 Å². The van der Waals surface area contributed by atoms with Gasteiger partial charge in [0.25, 0.3) is 0 Å². The third-order valence-corrected chi connectivity index (χ3v) is 3.33. The van der Waals surface area contributed by atoms with Crippen LogP contribution in [0.25, 0.3) is 0 Å². The molecule has 1 aliphatic rings. The number of piperidine rings is 1. The van der Waals surface area contributed by atoms with Crippen molar-refractivity contribution in [2.75, 3.05) is 13.1 Å². The van der Waals surface area contributed by atoms with E-state index >= 15 is 0 Å². The Balaban J connectivity index is 1.91. The van der Waals surface area contributed by atoms with E-state index in [0.717, 1.165) is 26.1 Å². The second-order valence-electron chi connectivity index (χ2n) is 4.66. The standard InChI is InChI=1S/C13H18N2O/c1-11-9-15(8-7-13(11)14-16)10-12-5-3-2-4-6-12/h2-6,11,13H,7-10H2,1H3. The summed E-state index contributed by atoms with van der Waals surface area (Å²) < 4.78 is 0. The maximum absolute atomic E-state index is 10.6. The van der Waals surface area contributed by atoms with Crippen LogP contribution in [0, 0.1) is 10.8 Å². The Kier molecular flexibility index (Phi) is 3.67. The Labute approximate surface area is 96.4 Å². The lowest BCUT2D eigenvalue weighted by atomic mass is 9.94. The summed E-state index contributed by atoms with van der Waals surface area (Å²) in [5.74, 6) is 0.384. The molecule has 0 aromatic heterocycles. The van der Waals surface area contributed by atoms with Crippen molar-refractivity contribution in [2.45, 2.75) is 25.9 Å². The van der Waals surface area contributed by atoms with Crippen LogP contribution in [-0.2, 0) is 6.54 Å². The number of likely N-dealkylation sites (tertiary alicyclic amines) is 1. The summed E-state index contributed by atoms with van der Waals surface area (Å²) in [6.45, 7) is 5.06. The fraction of sp³-hybridized carbons (Fsp3) is 0.538. The SMILES string of the molecule is CC1CN(Cc2ccccc2)CCC1N=O. The smallest absolute Gasteiger partial charge is 0.0969 e. The van der Waals surface area contributed by atoms with Gasteiger partial charge in [0.15, 0.2) is 0 Å². The van der Waals surface area contributed by atoms with Gasteiger partial charge in [-0.1, -0.05) is 42.4 Å². The first-order valence-corrected chi connectivity index (χ1v) is 5.88. The third-order valence-electron chi connectivity index (χ3n) is 3.33. The van der Waals surface area contributed by atoms with Crippen molar-refractivity contribution in [3.63, 3.8) is 0 Å². The molecule has 0 N–H and O–H groups in total. The Morgan fingerprint density at radius 1 is 1.38 bits per heavy atom. The number of hydrogen-bond acceptors (Lipinski definition) is 3. The van der Waals surface area contributed by atoms with E-state index < -0.39 is 0 Å². The molecule has 1 aliphatic heterocycles. The molecular formula is C13H18N2O. The largest absolute Gasteiger partial charge is 0.299 e. The number of hydrogen-bond donors (Lipinski definition) is 0. The molecule has 0 saturated carbocycles. The van der Waals surface area contributed by atoms with E-state index in [1.165, 1.54) is 5.56 Å². The predicted octanol–water partition coefficient (Wildman–Crippen LogP) is 2.66. The summed E-state index contributed by atoms with van der Waals surface area (Å²) >= 11 is 0. The minimum atomic E-state index is 0.0204. The Bertz CT molecular complexity index is 339. The van der Waals surface area contributed by atoms with Crippen molar-refractivity contribution in [3.05, 3.63) is 40.8 Å². The molecule has 1 saturated heterocycles. The van der Waals surface area contributed by atoms with E-state index in [4.69, 9.17) is 0 Å². The van der Waals surface area contributed by atoms with Crippen molar-refractivity contribution in [2.24, 2.45) is 11.1 Å². The van der Waals surface area contributed by atoms with Gasteiger partial charge in [0.05, 0.1) is 6.04 Å². The molecule has 86 valence electrons. The highest BCUT2D eigenvalue weighted by atomic mass is 16.3. The Hall–Kier alpha value is -1.22. The first-order chi connectivity index (χ1) is 7.79. The van der Waals surface area contributed by atoms with Gasteiger partial charge in [-0.3, -0.25) is 4.90 Å². The second-order valence-corrected chi connectivity index (χ2v) is 4.66. The fourth-order valence-corrected chi connectivity index (χ4v) is 2.36. The van der Waals surface area contributed by atoms with E-state index in [9.17, 15) is 4.91 Å². The van der Waals surface area contributed by atoms with Gasteiger partial charge in [0.1, 0.15) is 0 Å². The van der Waals surface area contributed by atoms with Crippen LogP contribution in [-0.4, -0.2) is 24.0 Å². The van der Waals surface area contributed by atoms with Gasteiger partial charge in [-0.15, -0.1) is 0 Å². The average molecular weight is 218 g/mol. The van der Waals surface area contributed by atoms with E-state index in [2.05, 4.69) is 41.3 Å². The summed E-state index contributed by atoms with van der Waals surface area (Å²) in [7, 11) is 0. The van der Waals surface area contributed by atoms with Crippen LogP contribution in [0.2, 0.25) is 0 Å². The molecule has 1 heterocycles. The third kappa shape index (κ3) is 2.67. The van der Waals surface area contributed by atoms with Crippen molar-refractivity contribution < 1.29 is 0 Å². The molecule has 16 heavy (non-hydrogen) atoms. The Morgan fingerprint density at radius 3 is 2.75 bits per heavy atom. The summed E-state index contributed by atoms with van der Waals surface area (Å²) in [5, 5.41) is 3.19. The maximum Gasteiger partial charge on any atom is 0.0969 e. The molecule has 2 rings (SSSR count). The summed E-state index contributed by atoms with van der Waals surface area (Å²) in [4.78, 5) is 13.0. The topological polar surface area (TPSA) is 32.7 Å². The quantitative estimate of drug-likeness (QED) is 0.731. The van der Waals surface area contributed by atoms with Crippen LogP contribution in [0.5, 0.6) is 0 Å². The van der Waals surface area contributed by atoms with Crippen LogP contribution in [0.4, 0.5) is 0 Å². The van der Waals surface area contributed by atoms with E-state index in [1.807, 2.05) is 6.07 Å². The lowest BCUT2D eigenvalue weighted by Crippen LogP contribution is -2.40. The van der Waals surface area contributed by atoms with Gasteiger partial charge in [-0.05, 0) is 17.9 Å². The molecule has 2 atom stereocenters. The van der Waals surface area contributed by atoms with Gasteiger partial charge in [-0.25, -0.2) is 0 Å². The summed E-state index contributed by atoms with van der Waals surface area (Å²) in [6, 6.07) is 10.5. The monoisotopic (exact) mass is 218 g/mol. The van der Waals surface area contributed by atoms with Crippen LogP contribution in [0.3, 0.4) is 0 Å². The maximum atomic E-state index is 10.6. The first kappa shape index (κ1) is 11.3. The lowest BCUT2D eigenvalue weighted by Gasteiger charge is -2.33. The van der Waals surface area contributed by atoms with Crippen LogP contribution < -0.4 is 0 Å². The molecule has 2 unspecified atom stereocenters. The van der Waals surface area contributed by atoms with E-state index in [1.54, 1.807) is 0 Å². The number of benzene rings is 1. The van der Waals surface area contributed by atoms with Gasteiger partial charge >= 0.3 is 0 Å². The first-order valence-electron chi connectivity index (χ1n) is 5.88. The molecular weight excluding hydrogens is 200 g/mol. The van der Waals surface area contributed by atoms with Gasteiger partial charge in [0.2, 0.25) is 0 Å². The fourth-order valence-electron chi connectivity index (χ4n) is 2.36. The molecule has 1 aromatic rings. The number of nitrogens with zero attached hydrogens (tertiary/aromatic N) is 2. The molecule has 0 spiro atoms. The highest BCUT2D eigenvalue weighted by molar-refractivity contribution is 5.14. The van der Waals surface area contributed by atoms with Gasteiger partial charge in [0, 0.05) is 19.6 Å². The highest BCUT2D eigenvalue weighted by Gasteiger charge is 2.26. The predicted molar refractivity (Wildman–Crippen MR) is 65.1 cm³/mol. The second kappa shape index (κ2) is 5.21.